The van der Waals surface area contributed by atoms with Gasteiger partial charge in [-0.05, 0) is 37.1 Å². The first-order chi connectivity index (χ1) is 12.4. The lowest BCUT2D eigenvalue weighted by Crippen LogP contribution is -2.45. The summed E-state index contributed by atoms with van der Waals surface area (Å²) in [5, 5.41) is 3.80. The zero-order chi connectivity index (χ0) is 18.4. The van der Waals surface area contributed by atoms with Crippen molar-refractivity contribution in [3.05, 3.63) is 35.8 Å². The first kappa shape index (κ1) is 16.7. The van der Waals surface area contributed by atoms with E-state index in [2.05, 4.69) is 10.3 Å². The number of carbonyl (C=O) groups excluding carboxylic acids is 2. The van der Waals surface area contributed by atoms with E-state index < -0.39 is 0 Å². The molecule has 1 aromatic heterocycles. The maximum absolute atomic E-state index is 13.5. The molecule has 3 heterocycles. The SMILES string of the molecule is CC(Cc1c[nH]c2ccc(F)cc12)NC(=O)N1C[C@@H]2OC(=O)N(C)[C@@H]2C1. The molecule has 4 rings (SSSR count). The molecule has 1 aromatic carbocycles. The van der Waals surface area contributed by atoms with Crippen molar-refractivity contribution in [1.82, 2.24) is 20.1 Å². The summed E-state index contributed by atoms with van der Waals surface area (Å²) in [5.74, 6) is -0.280. The van der Waals surface area contributed by atoms with Gasteiger partial charge in [0.2, 0.25) is 0 Å². The fourth-order valence-corrected chi connectivity index (χ4v) is 3.76. The smallest absolute Gasteiger partial charge is 0.410 e. The summed E-state index contributed by atoms with van der Waals surface area (Å²) >= 11 is 0. The number of likely N-dealkylation sites (tertiary alicyclic amines) is 1. The Hall–Kier alpha value is -2.77. The molecule has 26 heavy (non-hydrogen) atoms. The monoisotopic (exact) mass is 360 g/mol. The summed E-state index contributed by atoms with van der Waals surface area (Å²) in [6.45, 7) is 2.78. The Labute approximate surface area is 150 Å². The number of nitrogens with one attached hydrogen (secondary N) is 2. The molecule has 1 unspecified atom stereocenters. The molecule has 0 spiro atoms. The van der Waals surface area contributed by atoms with Crippen LogP contribution in [0.4, 0.5) is 14.0 Å². The molecule has 2 aliphatic rings. The van der Waals surface area contributed by atoms with E-state index in [9.17, 15) is 14.0 Å². The number of urea groups is 1. The number of aromatic amines is 1. The van der Waals surface area contributed by atoms with Gasteiger partial charge in [0.05, 0.1) is 12.6 Å². The Morgan fingerprint density at radius 2 is 2.27 bits per heavy atom. The minimum Gasteiger partial charge on any atom is -0.442 e. The summed E-state index contributed by atoms with van der Waals surface area (Å²) in [6, 6.07) is 4.25. The van der Waals surface area contributed by atoms with Gasteiger partial charge in [-0.2, -0.15) is 0 Å². The molecular weight excluding hydrogens is 339 g/mol. The van der Waals surface area contributed by atoms with Crippen LogP contribution in [0.25, 0.3) is 10.9 Å². The number of H-pyrrole nitrogens is 1. The summed E-state index contributed by atoms with van der Waals surface area (Å²) < 4.78 is 18.7. The maximum atomic E-state index is 13.5. The van der Waals surface area contributed by atoms with Gasteiger partial charge in [0.15, 0.2) is 0 Å². The van der Waals surface area contributed by atoms with Crippen molar-refractivity contribution in [3.63, 3.8) is 0 Å². The van der Waals surface area contributed by atoms with Crippen LogP contribution >= 0.6 is 0 Å². The number of hydrogen-bond donors (Lipinski definition) is 2. The quantitative estimate of drug-likeness (QED) is 0.880. The highest BCUT2D eigenvalue weighted by Gasteiger charge is 2.47. The second kappa shape index (κ2) is 6.19. The molecule has 2 fully saturated rings. The molecule has 2 saturated heterocycles. The number of aromatic nitrogens is 1. The van der Waals surface area contributed by atoms with Gasteiger partial charge in [0.25, 0.3) is 0 Å². The lowest BCUT2D eigenvalue weighted by atomic mass is 10.1. The lowest BCUT2D eigenvalue weighted by Gasteiger charge is -2.22. The van der Waals surface area contributed by atoms with Crippen molar-refractivity contribution in [2.24, 2.45) is 0 Å². The molecule has 0 saturated carbocycles. The van der Waals surface area contributed by atoms with E-state index in [0.29, 0.717) is 19.5 Å². The Bertz CT molecular complexity index is 867. The van der Waals surface area contributed by atoms with E-state index in [0.717, 1.165) is 16.5 Å². The van der Waals surface area contributed by atoms with Crippen LogP contribution < -0.4 is 5.32 Å². The molecule has 2 N–H and O–H groups in total. The minimum absolute atomic E-state index is 0.0832. The van der Waals surface area contributed by atoms with Gasteiger partial charge in [0, 0.05) is 36.7 Å². The number of fused-ring (bicyclic) bond motifs is 2. The third kappa shape index (κ3) is 2.85. The van der Waals surface area contributed by atoms with Crippen LogP contribution in [0.2, 0.25) is 0 Å². The van der Waals surface area contributed by atoms with Crippen LogP contribution in [0.15, 0.2) is 24.4 Å². The molecule has 0 radical (unpaired) electrons. The molecule has 138 valence electrons. The Kier molecular flexibility index (Phi) is 3.97. The highest BCUT2D eigenvalue weighted by Crippen LogP contribution is 2.25. The summed E-state index contributed by atoms with van der Waals surface area (Å²) in [4.78, 5) is 30.4. The van der Waals surface area contributed by atoms with Crippen molar-refractivity contribution in [2.45, 2.75) is 31.5 Å². The second-order valence-electron chi connectivity index (χ2n) is 7.06. The van der Waals surface area contributed by atoms with E-state index >= 15 is 0 Å². The van der Waals surface area contributed by atoms with Crippen LogP contribution in [0.5, 0.6) is 0 Å². The number of rotatable bonds is 3. The van der Waals surface area contributed by atoms with Gasteiger partial charge >= 0.3 is 12.1 Å². The van der Waals surface area contributed by atoms with Gasteiger partial charge in [-0.25, -0.2) is 14.0 Å². The number of amides is 3. The molecule has 0 bridgehead atoms. The molecule has 7 nitrogen and oxygen atoms in total. The van der Waals surface area contributed by atoms with Crippen LogP contribution in [0.1, 0.15) is 12.5 Å². The number of ether oxygens (including phenoxy) is 1. The fourth-order valence-electron chi connectivity index (χ4n) is 3.76. The molecular formula is C18H21FN4O3. The van der Waals surface area contributed by atoms with Crippen molar-refractivity contribution in [1.29, 1.82) is 0 Å². The van der Waals surface area contributed by atoms with E-state index in [4.69, 9.17) is 4.74 Å². The molecule has 8 heteroatoms. The van der Waals surface area contributed by atoms with Crippen molar-refractivity contribution < 1.29 is 18.7 Å². The van der Waals surface area contributed by atoms with Crippen LogP contribution in [0, 0.1) is 5.82 Å². The van der Waals surface area contributed by atoms with Crippen LogP contribution in [-0.2, 0) is 11.2 Å². The lowest BCUT2D eigenvalue weighted by molar-refractivity contribution is 0.125. The molecule has 2 aromatic rings. The van der Waals surface area contributed by atoms with Crippen molar-refractivity contribution in [2.75, 3.05) is 20.1 Å². The maximum Gasteiger partial charge on any atom is 0.410 e. The average Bonchev–Trinajstić information content (AvgIpc) is 3.24. The molecule has 3 amide bonds. The number of benzene rings is 1. The number of carbonyl (C=O) groups is 2. The summed E-state index contributed by atoms with van der Waals surface area (Å²) in [5.41, 5.74) is 1.83. The number of nitrogens with zero attached hydrogens (tertiary/aromatic N) is 2. The molecule has 0 aliphatic carbocycles. The summed E-state index contributed by atoms with van der Waals surface area (Å²) in [7, 11) is 1.69. The highest BCUT2D eigenvalue weighted by atomic mass is 19.1. The van der Waals surface area contributed by atoms with Gasteiger partial charge in [0.1, 0.15) is 11.9 Å². The highest BCUT2D eigenvalue weighted by molar-refractivity contribution is 5.83. The predicted molar refractivity (Wildman–Crippen MR) is 93.3 cm³/mol. The van der Waals surface area contributed by atoms with Crippen LogP contribution in [0.3, 0.4) is 0 Å². The van der Waals surface area contributed by atoms with Gasteiger partial charge < -0.3 is 24.8 Å². The Balaban J connectivity index is 1.37. The third-order valence-electron chi connectivity index (χ3n) is 5.19. The molecule has 3 atom stereocenters. The van der Waals surface area contributed by atoms with Crippen LogP contribution in [-0.4, -0.2) is 65.2 Å². The fraction of sp³-hybridized carbons (Fsp3) is 0.444. The van der Waals surface area contributed by atoms with E-state index in [1.165, 1.54) is 12.1 Å². The summed E-state index contributed by atoms with van der Waals surface area (Å²) in [6.07, 6.45) is 1.84. The third-order valence-corrected chi connectivity index (χ3v) is 5.19. The number of likely N-dealkylation sites (N-methyl/N-ethyl adjacent to an activating group) is 1. The average molecular weight is 360 g/mol. The van der Waals surface area contributed by atoms with E-state index in [1.807, 2.05) is 13.1 Å². The van der Waals surface area contributed by atoms with E-state index in [1.54, 1.807) is 22.9 Å². The topological polar surface area (TPSA) is 77.7 Å². The van der Waals surface area contributed by atoms with Gasteiger partial charge in [-0.15, -0.1) is 0 Å². The van der Waals surface area contributed by atoms with Crippen molar-refractivity contribution in [3.8, 4) is 0 Å². The van der Waals surface area contributed by atoms with Gasteiger partial charge in [-0.1, -0.05) is 0 Å². The van der Waals surface area contributed by atoms with Crippen molar-refractivity contribution >= 4 is 23.0 Å². The minimum atomic E-state index is -0.333. The zero-order valence-corrected chi connectivity index (χ0v) is 14.7. The predicted octanol–water partition coefficient (Wildman–Crippen LogP) is 2.08. The van der Waals surface area contributed by atoms with Gasteiger partial charge in [-0.3, -0.25) is 0 Å². The normalized spacial score (nSPS) is 23.3. The molecule has 2 aliphatic heterocycles. The first-order valence-corrected chi connectivity index (χ1v) is 8.67. The Morgan fingerprint density at radius 1 is 1.46 bits per heavy atom. The Morgan fingerprint density at radius 3 is 3.04 bits per heavy atom. The van der Waals surface area contributed by atoms with E-state index in [-0.39, 0.29) is 36.1 Å². The first-order valence-electron chi connectivity index (χ1n) is 8.67. The number of halogens is 1. The standard InChI is InChI=1S/C18H21FN4O3/c1-10(5-11-7-20-14-4-3-12(19)6-13(11)14)21-17(24)23-8-15-16(9-23)26-18(25)22(15)2/h3-4,6-7,10,15-16,20H,5,8-9H2,1-2H3,(H,21,24)/t10?,15-,16+/m1/s1. The zero-order valence-electron chi connectivity index (χ0n) is 14.7. The number of hydrogen-bond acceptors (Lipinski definition) is 3. The second-order valence-corrected chi connectivity index (χ2v) is 7.06. The largest absolute Gasteiger partial charge is 0.442 e.